The maximum absolute atomic E-state index is 14.1. The molecule has 0 bridgehead atoms. The van der Waals surface area contributed by atoms with E-state index in [1.807, 2.05) is 31.2 Å². The molecule has 2 aromatic heterocycles. The standard InChI is InChI=1S/C29H20FN3O4S2/c1-16-10-12-17(13-11-16)24-23(25(34)22-14-18-6-3-5-9-21(18)37-22)26(35)27(36)33(24)28-31-32-29(39-28)38-15-19-7-2-4-8-20(19)30/h2-14,24,35H,15H2,1H3. The van der Waals surface area contributed by atoms with Crippen LogP contribution in [-0.2, 0) is 10.5 Å². The quantitative estimate of drug-likeness (QED) is 0.133. The number of carbonyl (C=O) groups is 2. The van der Waals surface area contributed by atoms with Crippen LogP contribution in [0.25, 0.3) is 11.0 Å². The van der Waals surface area contributed by atoms with Crippen LogP contribution in [0.2, 0.25) is 0 Å². The van der Waals surface area contributed by atoms with E-state index in [2.05, 4.69) is 10.2 Å². The molecule has 0 saturated carbocycles. The maximum Gasteiger partial charge on any atom is 0.296 e. The van der Waals surface area contributed by atoms with Crippen molar-refractivity contribution in [1.29, 1.82) is 0 Å². The van der Waals surface area contributed by atoms with E-state index in [-0.39, 0.29) is 22.3 Å². The molecular weight excluding hydrogens is 537 g/mol. The summed E-state index contributed by atoms with van der Waals surface area (Å²) in [5, 5.41) is 20.3. The van der Waals surface area contributed by atoms with E-state index >= 15 is 0 Å². The Hall–Kier alpha value is -4.28. The number of aromatic nitrogens is 2. The Morgan fingerprint density at radius 2 is 1.82 bits per heavy atom. The van der Waals surface area contributed by atoms with E-state index in [1.165, 1.54) is 22.7 Å². The number of benzene rings is 3. The third kappa shape index (κ3) is 4.62. The van der Waals surface area contributed by atoms with Crippen molar-refractivity contribution >= 4 is 50.9 Å². The number of furan rings is 1. The molecule has 1 N–H and O–H groups in total. The first kappa shape index (κ1) is 25.0. The van der Waals surface area contributed by atoms with Gasteiger partial charge in [0.05, 0.1) is 11.6 Å². The zero-order chi connectivity index (χ0) is 27.1. The van der Waals surface area contributed by atoms with Gasteiger partial charge in [0.1, 0.15) is 11.4 Å². The zero-order valence-electron chi connectivity index (χ0n) is 20.5. The van der Waals surface area contributed by atoms with E-state index in [1.54, 1.807) is 48.5 Å². The second kappa shape index (κ2) is 10.1. The van der Waals surface area contributed by atoms with Gasteiger partial charge in [-0.05, 0) is 36.2 Å². The SMILES string of the molecule is Cc1ccc(C2C(C(=O)c3cc4ccccc4o3)=C(O)C(=O)N2c2nnc(SCc3ccccc3F)s2)cc1. The summed E-state index contributed by atoms with van der Waals surface area (Å²) < 4.78 is 20.3. The van der Waals surface area contributed by atoms with Crippen LogP contribution in [-0.4, -0.2) is 27.0 Å². The summed E-state index contributed by atoms with van der Waals surface area (Å²) in [4.78, 5) is 28.4. The smallest absolute Gasteiger partial charge is 0.296 e. The largest absolute Gasteiger partial charge is 0.503 e. The van der Waals surface area contributed by atoms with Crippen LogP contribution in [0.3, 0.4) is 0 Å². The van der Waals surface area contributed by atoms with Gasteiger partial charge in [-0.3, -0.25) is 14.5 Å². The lowest BCUT2D eigenvalue weighted by atomic mass is 9.94. The fraction of sp³-hybridized carbons (Fsp3) is 0.103. The Morgan fingerprint density at radius 1 is 1.08 bits per heavy atom. The second-order valence-electron chi connectivity index (χ2n) is 8.96. The van der Waals surface area contributed by atoms with Gasteiger partial charge in [0.15, 0.2) is 15.9 Å². The van der Waals surface area contributed by atoms with Crippen molar-refractivity contribution in [3.05, 3.63) is 118 Å². The monoisotopic (exact) mass is 557 g/mol. The molecule has 1 atom stereocenters. The van der Waals surface area contributed by atoms with Crippen molar-refractivity contribution in [1.82, 2.24) is 10.2 Å². The third-order valence-corrected chi connectivity index (χ3v) is 8.51. The molecule has 10 heteroatoms. The summed E-state index contributed by atoms with van der Waals surface area (Å²) in [5.74, 6) is -1.99. The van der Waals surface area contributed by atoms with Crippen molar-refractivity contribution in [3.8, 4) is 0 Å². The number of thioether (sulfide) groups is 1. The molecular formula is C29H20FN3O4S2. The lowest BCUT2D eigenvalue weighted by molar-refractivity contribution is -0.117. The van der Waals surface area contributed by atoms with Gasteiger partial charge >= 0.3 is 0 Å². The van der Waals surface area contributed by atoms with Crippen molar-refractivity contribution < 1.29 is 23.5 Å². The fourth-order valence-corrected chi connectivity index (χ4v) is 6.29. The predicted molar refractivity (Wildman–Crippen MR) is 147 cm³/mol. The molecule has 1 aliphatic heterocycles. The van der Waals surface area contributed by atoms with Crippen LogP contribution >= 0.6 is 23.1 Å². The number of ketones is 1. The molecule has 0 aliphatic carbocycles. The van der Waals surface area contributed by atoms with Gasteiger partial charge in [0.25, 0.3) is 5.91 Å². The molecule has 1 amide bonds. The number of para-hydroxylation sites is 1. The number of fused-ring (bicyclic) bond motifs is 1. The van der Waals surface area contributed by atoms with Crippen molar-refractivity contribution in [2.75, 3.05) is 4.90 Å². The van der Waals surface area contributed by atoms with Gasteiger partial charge in [0, 0.05) is 11.1 Å². The summed E-state index contributed by atoms with van der Waals surface area (Å²) in [6.45, 7) is 1.93. The Bertz CT molecular complexity index is 1730. The lowest BCUT2D eigenvalue weighted by Crippen LogP contribution is -2.31. The fourth-order valence-electron chi connectivity index (χ4n) is 4.44. The van der Waals surface area contributed by atoms with Gasteiger partial charge in [-0.1, -0.05) is 89.3 Å². The molecule has 0 radical (unpaired) electrons. The van der Waals surface area contributed by atoms with Gasteiger partial charge in [0.2, 0.25) is 10.9 Å². The molecule has 0 spiro atoms. The highest BCUT2D eigenvalue weighted by atomic mass is 32.2. The van der Waals surface area contributed by atoms with Crippen LogP contribution in [0.1, 0.15) is 33.3 Å². The van der Waals surface area contributed by atoms with Crippen LogP contribution < -0.4 is 4.90 Å². The number of amides is 1. The number of hydrogen-bond donors (Lipinski definition) is 1. The third-order valence-electron chi connectivity index (χ3n) is 6.41. The molecule has 1 unspecified atom stereocenters. The first-order valence-corrected chi connectivity index (χ1v) is 13.8. The average molecular weight is 558 g/mol. The van der Waals surface area contributed by atoms with Crippen molar-refractivity contribution in [2.45, 2.75) is 23.1 Å². The first-order chi connectivity index (χ1) is 18.9. The Morgan fingerprint density at radius 3 is 2.59 bits per heavy atom. The molecule has 7 nitrogen and oxygen atoms in total. The summed E-state index contributed by atoms with van der Waals surface area (Å²) >= 11 is 2.41. The number of carbonyl (C=O) groups excluding carboxylic acids is 2. The van der Waals surface area contributed by atoms with Crippen molar-refractivity contribution in [3.63, 3.8) is 0 Å². The Labute approximate surface area is 230 Å². The molecule has 1 aliphatic rings. The predicted octanol–water partition coefficient (Wildman–Crippen LogP) is 6.81. The molecule has 194 valence electrons. The van der Waals surface area contributed by atoms with E-state index in [9.17, 15) is 19.1 Å². The number of anilines is 1. The summed E-state index contributed by atoms with van der Waals surface area (Å²) in [6.07, 6.45) is 0. The lowest BCUT2D eigenvalue weighted by Gasteiger charge is -2.23. The number of nitrogens with zero attached hydrogens (tertiary/aromatic N) is 3. The molecule has 3 heterocycles. The first-order valence-electron chi connectivity index (χ1n) is 12.0. The number of aliphatic hydroxyl groups is 1. The zero-order valence-corrected chi connectivity index (χ0v) is 22.1. The number of aliphatic hydroxyl groups excluding tert-OH is 1. The summed E-state index contributed by atoms with van der Waals surface area (Å²) in [6, 6.07) is 21.6. The minimum absolute atomic E-state index is 0.0166. The highest BCUT2D eigenvalue weighted by molar-refractivity contribution is 8.00. The molecule has 3 aromatic carbocycles. The van der Waals surface area contributed by atoms with Crippen LogP contribution in [0.4, 0.5) is 9.52 Å². The van der Waals surface area contributed by atoms with E-state index in [0.717, 1.165) is 22.3 Å². The molecule has 6 rings (SSSR count). The van der Waals surface area contributed by atoms with Crippen LogP contribution in [0.5, 0.6) is 0 Å². The second-order valence-corrected chi connectivity index (χ2v) is 11.1. The molecule has 39 heavy (non-hydrogen) atoms. The highest BCUT2D eigenvalue weighted by Crippen LogP contribution is 2.44. The van der Waals surface area contributed by atoms with E-state index < -0.39 is 23.5 Å². The minimum atomic E-state index is -0.948. The topological polar surface area (TPSA) is 96.5 Å². The number of halogens is 1. The number of hydrogen-bond acceptors (Lipinski definition) is 8. The van der Waals surface area contributed by atoms with Gasteiger partial charge < -0.3 is 9.52 Å². The van der Waals surface area contributed by atoms with Crippen LogP contribution in [0, 0.1) is 12.7 Å². The number of Topliss-reactive ketones (excluding diaryl/α,β-unsaturated/α-hetero) is 1. The Kier molecular flexibility index (Phi) is 6.49. The molecule has 5 aromatic rings. The summed E-state index contributed by atoms with van der Waals surface area (Å²) in [5.41, 5.74) is 2.56. The minimum Gasteiger partial charge on any atom is -0.503 e. The van der Waals surface area contributed by atoms with E-state index in [0.29, 0.717) is 26.8 Å². The highest BCUT2D eigenvalue weighted by Gasteiger charge is 2.46. The number of rotatable bonds is 7. The Balaban J connectivity index is 1.36. The summed E-state index contributed by atoms with van der Waals surface area (Å²) in [7, 11) is 0. The van der Waals surface area contributed by atoms with Gasteiger partial charge in [-0.15, -0.1) is 10.2 Å². The van der Waals surface area contributed by atoms with E-state index in [4.69, 9.17) is 4.42 Å². The van der Waals surface area contributed by atoms with Crippen molar-refractivity contribution in [2.24, 2.45) is 0 Å². The average Bonchev–Trinajstić information content (AvgIpc) is 3.65. The van der Waals surface area contributed by atoms with Crippen LogP contribution in [0.15, 0.2) is 99.0 Å². The number of aryl methyl sites for hydroxylation is 1. The molecule has 0 fully saturated rings. The van der Waals surface area contributed by atoms with Gasteiger partial charge in [-0.25, -0.2) is 4.39 Å². The normalized spacial score (nSPS) is 15.5. The van der Waals surface area contributed by atoms with Gasteiger partial charge in [-0.2, -0.15) is 0 Å². The maximum atomic E-state index is 14.1. The molecule has 0 saturated heterocycles.